The Kier molecular flexibility index (Phi) is 6.15. The molecule has 1 aromatic carbocycles. The summed E-state index contributed by atoms with van der Waals surface area (Å²) in [6.45, 7) is 1.27. The lowest BCUT2D eigenvalue weighted by atomic mass is 9.78. The predicted octanol–water partition coefficient (Wildman–Crippen LogP) is 2.10. The summed E-state index contributed by atoms with van der Waals surface area (Å²) in [5, 5.41) is 2.97. The minimum Gasteiger partial charge on any atom is -0.486 e. The van der Waals surface area contributed by atoms with Gasteiger partial charge in [0.15, 0.2) is 11.5 Å². The molecule has 31 heavy (non-hydrogen) atoms. The molecule has 8 nitrogen and oxygen atoms in total. The predicted molar refractivity (Wildman–Crippen MR) is 115 cm³/mol. The highest BCUT2D eigenvalue weighted by molar-refractivity contribution is 7.89. The molecule has 0 spiro atoms. The van der Waals surface area contributed by atoms with Gasteiger partial charge in [0.25, 0.3) is 0 Å². The smallest absolute Gasteiger partial charge is 0.244 e. The summed E-state index contributed by atoms with van der Waals surface area (Å²) >= 11 is 0. The summed E-state index contributed by atoms with van der Waals surface area (Å²) in [4.78, 5) is 16.5. The van der Waals surface area contributed by atoms with Crippen molar-refractivity contribution in [2.45, 2.75) is 36.0 Å². The van der Waals surface area contributed by atoms with Gasteiger partial charge >= 0.3 is 0 Å². The summed E-state index contributed by atoms with van der Waals surface area (Å²) < 4.78 is 37.7. The molecule has 0 saturated heterocycles. The summed E-state index contributed by atoms with van der Waals surface area (Å²) in [5.74, 6) is 1.15. The van der Waals surface area contributed by atoms with Crippen molar-refractivity contribution in [3.63, 3.8) is 0 Å². The largest absolute Gasteiger partial charge is 0.486 e. The Labute approximate surface area is 182 Å². The fourth-order valence-corrected chi connectivity index (χ4v) is 5.37. The van der Waals surface area contributed by atoms with Gasteiger partial charge in [0.05, 0.1) is 6.54 Å². The molecule has 1 aliphatic heterocycles. The maximum atomic E-state index is 12.6. The number of pyridine rings is 1. The molecule has 0 radical (unpaired) electrons. The van der Waals surface area contributed by atoms with E-state index in [4.69, 9.17) is 9.47 Å². The number of carbonyl (C=O) groups is 1. The van der Waals surface area contributed by atoms with Gasteiger partial charge in [-0.15, -0.1) is 0 Å². The topological polar surface area (TPSA) is 97.8 Å². The van der Waals surface area contributed by atoms with Gasteiger partial charge in [-0.2, -0.15) is 4.31 Å². The molecule has 2 aliphatic rings. The highest BCUT2D eigenvalue weighted by Crippen LogP contribution is 2.43. The maximum Gasteiger partial charge on any atom is 0.244 e. The first kappa shape index (κ1) is 21.6. The van der Waals surface area contributed by atoms with Crippen molar-refractivity contribution in [1.82, 2.24) is 14.6 Å². The molecule has 0 atom stereocenters. The lowest BCUT2D eigenvalue weighted by Crippen LogP contribution is -2.44. The number of nitrogens with zero attached hydrogens (tertiary/aromatic N) is 2. The van der Waals surface area contributed by atoms with E-state index in [0.717, 1.165) is 47.1 Å². The quantitative estimate of drug-likeness (QED) is 0.701. The Balaban J connectivity index is 1.43. The number of likely N-dealkylation sites (N-methyl/N-ethyl adjacent to an activating group) is 1. The Hall–Kier alpha value is -2.65. The second kappa shape index (κ2) is 8.84. The van der Waals surface area contributed by atoms with E-state index >= 15 is 0 Å². The molecule has 0 unspecified atom stereocenters. The van der Waals surface area contributed by atoms with Crippen molar-refractivity contribution in [3.05, 3.63) is 48.3 Å². The molecular weight excluding hydrogens is 418 g/mol. The first-order valence-electron chi connectivity index (χ1n) is 10.4. The molecule has 1 aliphatic carbocycles. The average Bonchev–Trinajstić information content (AvgIpc) is 3.28. The second-order valence-corrected chi connectivity index (χ2v) is 10.1. The van der Waals surface area contributed by atoms with Crippen LogP contribution in [-0.2, 0) is 20.2 Å². The number of carbonyl (C=O) groups excluding carboxylic acids is 1. The Bertz CT molecular complexity index is 1040. The molecule has 2 heterocycles. The monoisotopic (exact) mass is 445 g/mol. The van der Waals surface area contributed by atoms with Crippen molar-refractivity contribution in [1.29, 1.82) is 0 Å². The van der Waals surface area contributed by atoms with Crippen molar-refractivity contribution < 1.29 is 22.7 Å². The van der Waals surface area contributed by atoms with E-state index < -0.39 is 10.0 Å². The van der Waals surface area contributed by atoms with Crippen LogP contribution in [0.4, 0.5) is 0 Å². The molecule has 1 aromatic heterocycles. The van der Waals surface area contributed by atoms with E-state index in [1.165, 1.54) is 25.5 Å². The minimum atomic E-state index is -3.77. The Morgan fingerprint density at radius 3 is 2.61 bits per heavy atom. The fourth-order valence-electron chi connectivity index (χ4n) is 4.28. The molecule has 1 fully saturated rings. The van der Waals surface area contributed by atoms with Crippen molar-refractivity contribution in [2.24, 2.45) is 0 Å². The van der Waals surface area contributed by atoms with Gasteiger partial charge in [0, 0.05) is 31.4 Å². The van der Waals surface area contributed by atoms with Crippen LogP contribution in [0.2, 0.25) is 0 Å². The number of hydrogen-bond acceptors (Lipinski definition) is 6. The third kappa shape index (κ3) is 4.52. The summed E-state index contributed by atoms with van der Waals surface area (Å²) in [7, 11) is -2.37. The molecule has 9 heteroatoms. The van der Waals surface area contributed by atoms with Gasteiger partial charge in [-0.1, -0.05) is 18.9 Å². The van der Waals surface area contributed by atoms with Gasteiger partial charge in [-0.3, -0.25) is 9.78 Å². The normalized spacial score (nSPS) is 17.5. The van der Waals surface area contributed by atoms with Crippen LogP contribution in [0.3, 0.4) is 0 Å². The van der Waals surface area contributed by atoms with Crippen LogP contribution < -0.4 is 14.8 Å². The highest BCUT2D eigenvalue weighted by Gasteiger charge is 2.37. The first-order chi connectivity index (χ1) is 14.9. The van der Waals surface area contributed by atoms with Gasteiger partial charge in [-0.25, -0.2) is 8.42 Å². The number of nitrogens with one attached hydrogen (secondary N) is 1. The molecule has 166 valence electrons. The van der Waals surface area contributed by atoms with E-state index in [9.17, 15) is 13.2 Å². The number of amides is 1. The number of ether oxygens (including phenoxy) is 2. The SMILES string of the molecule is CN(CC(=O)NCC1(c2ccc3c(c2)OCCO3)CCCC1)S(=O)(=O)c1cccnc1. The molecular formula is C22H27N3O5S. The van der Waals surface area contributed by atoms with Crippen LogP contribution in [-0.4, -0.2) is 57.0 Å². The number of benzene rings is 1. The Morgan fingerprint density at radius 2 is 1.90 bits per heavy atom. The number of fused-ring (bicyclic) bond motifs is 1. The van der Waals surface area contributed by atoms with E-state index in [0.29, 0.717) is 19.8 Å². The van der Waals surface area contributed by atoms with E-state index in [-0.39, 0.29) is 22.8 Å². The third-order valence-electron chi connectivity index (χ3n) is 6.05. The zero-order chi connectivity index (χ0) is 21.9. The van der Waals surface area contributed by atoms with Crippen molar-refractivity contribution >= 4 is 15.9 Å². The lowest BCUT2D eigenvalue weighted by molar-refractivity contribution is -0.121. The standard InChI is InChI=1S/C22H27N3O5S/c1-25(31(27,28)18-5-4-10-23-14-18)15-21(26)24-16-22(8-2-3-9-22)17-6-7-19-20(13-17)30-12-11-29-19/h4-7,10,13-14H,2-3,8-9,11-12,15-16H2,1H3,(H,24,26). The van der Waals surface area contributed by atoms with Crippen LogP contribution in [0.15, 0.2) is 47.6 Å². The molecule has 1 N–H and O–H groups in total. The van der Waals surface area contributed by atoms with Gasteiger partial charge in [0.1, 0.15) is 18.1 Å². The maximum absolute atomic E-state index is 12.6. The zero-order valence-corrected chi connectivity index (χ0v) is 18.4. The van der Waals surface area contributed by atoms with Gasteiger partial charge < -0.3 is 14.8 Å². The molecule has 4 rings (SSSR count). The second-order valence-electron chi connectivity index (χ2n) is 8.07. The molecule has 2 aromatic rings. The van der Waals surface area contributed by atoms with Crippen LogP contribution in [0.25, 0.3) is 0 Å². The number of rotatable bonds is 7. The first-order valence-corrected chi connectivity index (χ1v) is 11.9. The third-order valence-corrected chi connectivity index (χ3v) is 7.83. The summed E-state index contributed by atoms with van der Waals surface area (Å²) in [5.41, 5.74) is 0.928. The number of aromatic nitrogens is 1. The summed E-state index contributed by atoms with van der Waals surface area (Å²) in [6.07, 6.45) is 6.86. The number of hydrogen-bond donors (Lipinski definition) is 1. The van der Waals surface area contributed by atoms with Crippen LogP contribution in [0, 0.1) is 0 Å². The van der Waals surface area contributed by atoms with Crippen molar-refractivity contribution in [2.75, 3.05) is 33.4 Å². The van der Waals surface area contributed by atoms with Crippen LogP contribution in [0.1, 0.15) is 31.2 Å². The lowest BCUT2D eigenvalue weighted by Gasteiger charge is -2.31. The van der Waals surface area contributed by atoms with Gasteiger partial charge in [-0.05, 0) is 42.7 Å². The van der Waals surface area contributed by atoms with E-state index in [1.807, 2.05) is 18.2 Å². The van der Waals surface area contributed by atoms with Crippen LogP contribution in [0.5, 0.6) is 11.5 Å². The minimum absolute atomic E-state index is 0.0637. The molecule has 1 saturated carbocycles. The molecule has 1 amide bonds. The average molecular weight is 446 g/mol. The summed E-state index contributed by atoms with van der Waals surface area (Å²) in [6, 6.07) is 9.01. The number of sulfonamides is 1. The van der Waals surface area contributed by atoms with Crippen molar-refractivity contribution in [3.8, 4) is 11.5 Å². The van der Waals surface area contributed by atoms with E-state index in [1.54, 1.807) is 6.07 Å². The highest BCUT2D eigenvalue weighted by atomic mass is 32.2. The molecule has 0 bridgehead atoms. The Morgan fingerprint density at radius 1 is 1.16 bits per heavy atom. The van der Waals surface area contributed by atoms with E-state index in [2.05, 4.69) is 10.3 Å². The van der Waals surface area contributed by atoms with Gasteiger partial charge in [0.2, 0.25) is 15.9 Å². The van der Waals surface area contributed by atoms with Crippen LogP contribution >= 0.6 is 0 Å². The zero-order valence-electron chi connectivity index (χ0n) is 17.5. The fraction of sp³-hybridized carbons (Fsp3) is 0.455.